The highest BCUT2D eigenvalue weighted by Crippen LogP contribution is 2.29. The first-order valence-corrected chi connectivity index (χ1v) is 10.1. The van der Waals surface area contributed by atoms with E-state index in [4.69, 9.17) is 16.6 Å². The van der Waals surface area contributed by atoms with E-state index in [2.05, 4.69) is 15.3 Å². The van der Waals surface area contributed by atoms with E-state index in [1.807, 2.05) is 26.0 Å². The average molecular weight is 425 g/mol. The predicted octanol–water partition coefficient (Wildman–Crippen LogP) is 4.48. The number of aromatic nitrogens is 3. The minimum atomic E-state index is -0.750. The predicted molar refractivity (Wildman–Crippen MR) is 118 cm³/mol. The van der Waals surface area contributed by atoms with Crippen molar-refractivity contribution >= 4 is 17.5 Å². The number of aliphatic hydroxyl groups is 1. The molecule has 2 aromatic heterocycles. The van der Waals surface area contributed by atoms with Gasteiger partial charge in [0.2, 0.25) is 0 Å². The molecule has 6 nitrogen and oxygen atoms in total. The van der Waals surface area contributed by atoms with Gasteiger partial charge in [-0.2, -0.15) is 0 Å². The second-order valence-electron chi connectivity index (χ2n) is 8.11. The Labute approximate surface area is 181 Å². The van der Waals surface area contributed by atoms with Gasteiger partial charge >= 0.3 is 0 Å². The summed E-state index contributed by atoms with van der Waals surface area (Å²) in [5, 5.41) is 13.0. The van der Waals surface area contributed by atoms with Gasteiger partial charge < -0.3 is 10.4 Å². The number of aliphatic hydroxyl groups excluding tert-OH is 1. The highest BCUT2D eigenvalue weighted by atomic mass is 35.5. The van der Waals surface area contributed by atoms with Crippen molar-refractivity contribution in [2.75, 3.05) is 6.61 Å². The van der Waals surface area contributed by atoms with Gasteiger partial charge in [0, 0.05) is 27.9 Å². The van der Waals surface area contributed by atoms with Crippen molar-refractivity contribution in [3.05, 3.63) is 65.2 Å². The van der Waals surface area contributed by atoms with Gasteiger partial charge in [-0.15, -0.1) is 0 Å². The van der Waals surface area contributed by atoms with E-state index >= 15 is 0 Å². The lowest BCUT2D eigenvalue weighted by molar-refractivity contribution is 0.0869. The number of amides is 1. The molecular weight excluding hydrogens is 400 g/mol. The molecular formula is C23H25ClN4O2. The van der Waals surface area contributed by atoms with E-state index < -0.39 is 5.54 Å². The number of carbonyl (C=O) groups excluding carboxylic acids is 1. The van der Waals surface area contributed by atoms with Crippen LogP contribution in [0.25, 0.3) is 22.5 Å². The summed E-state index contributed by atoms with van der Waals surface area (Å²) >= 11 is 6.03. The second kappa shape index (κ2) is 8.90. The van der Waals surface area contributed by atoms with Crippen LogP contribution in [0.2, 0.25) is 5.02 Å². The number of hydrogen-bond acceptors (Lipinski definition) is 5. The minimum absolute atomic E-state index is 0.162. The lowest BCUT2D eigenvalue weighted by Crippen LogP contribution is -2.46. The van der Waals surface area contributed by atoms with Crippen LogP contribution in [0, 0.1) is 0 Å². The molecule has 0 aliphatic rings. The molecule has 0 bridgehead atoms. The fourth-order valence-corrected chi connectivity index (χ4v) is 3.11. The Morgan fingerprint density at radius 1 is 1.17 bits per heavy atom. The van der Waals surface area contributed by atoms with E-state index in [0.29, 0.717) is 22.0 Å². The van der Waals surface area contributed by atoms with Gasteiger partial charge in [0.05, 0.1) is 29.2 Å². The van der Waals surface area contributed by atoms with Crippen LogP contribution >= 0.6 is 11.6 Å². The first-order chi connectivity index (χ1) is 14.2. The summed E-state index contributed by atoms with van der Waals surface area (Å²) in [5.74, 6) is -0.134. The number of nitrogens with one attached hydrogen (secondary N) is 1. The maximum Gasteiger partial charge on any atom is 0.251 e. The van der Waals surface area contributed by atoms with Crippen molar-refractivity contribution < 1.29 is 9.90 Å². The zero-order valence-electron chi connectivity index (χ0n) is 17.5. The molecule has 0 spiro atoms. The van der Waals surface area contributed by atoms with Gasteiger partial charge in [0.15, 0.2) is 0 Å². The summed E-state index contributed by atoms with van der Waals surface area (Å²) in [6.07, 6.45) is 3.23. The van der Waals surface area contributed by atoms with Crippen molar-refractivity contribution in [1.82, 2.24) is 20.3 Å². The summed E-state index contributed by atoms with van der Waals surface area (Å²) < 4.78 is 0. The monoisotopic (exact) mass is 424 g/mol. The highest BCUT2D eigenvalue weighted by molar-refractivity contribution is 6.30. The molecule has 2 heterocycles. The standard InChI is InChI=1S/C23H25ClN4O2/c1-14(2)21-18(11-25-13-26-21)20-10-16(22(30)28-23(3,4)12-29)9-19(27-20)15-5-7-17(24)8-6-15/h5-11,13-14,29H,12H2,1-4H3,(H,28,30). The first kappa shape index (κ1) is 21.9. The molecule has 0 radical (unpaired) electrons. The van der Waals surface area contributed by atoms with Crippen LogP contribution in [0.15, 0.2) is 48.9 Å². The van der Waals surface area contributed by atoms with E-state index in [1.165, 1.54) is 6.33 Å². The Bertz CT molecular complexity index is 1050. The van der Waals surface area contributed by atoms with Gasteiger partial charge in [0.1, 0.15) is 6.33 Å². The zero-order valence-corrected chi connectivity index (χ0v) is 18.2. The van der Waals surface area contributed by atoms with E-state index in [1.54, 1.807) is 44.3 Å². The molecule has 0 atom stereocenters. The molecule has 0 saturated heterocycles. The van der Waals surface area contributed by atoms with E-state index in [-0.39, 0.29) is 18.4 Å². The van der Waals surface area contributed by atoms with Crippen LogP contribution in [-0.2, 0) is 0 Å². The van der Waals surface area contributed by atoms with Crippen LogP contribution in [0.3, 0.4) is 0 Å². The number of rotatable bonds is 6. The van der Waals surface area contributed by atoms with Crippen LogP contribution in [0.4, 0.5) is 0 Å². The van der Waals surface area contributed by atoms with E-state index in [0.717, 1.165) is 16.8 Å². The minimum Gasteiger partial charge on any atom is -0.394 e. The molecule has 0 aliphatic heterocycles. The van der Waals surface area contributed by atoms with Crippen molar-refractivity contribution in [1.29, 1.82) is 0 Å². The third-order valence-electron chi connectivity index (χ3n) is 4.64. The molecule has 0 fully saturated rings. The molecule has 156 valence electrons. The van der Waals surface area contributed by atoms with Gasteiger partial charge in [-0.25, -0.2) is 15.0 Å². The zero-order chi connectivity index (χ0) is 21.9. The number of carbonyl (C=O) groups is 1. The van der Waals surface area contributed by atoms with Crippen LogP contribution in [-0.4, -0.2) is 38.1 Å². The summed E-state index contributed by atoms with van der Waals surface area (Å²) in [5.41, 5.74) is 3.39. The van der Waals surface area contributed by atoms with Crippen molar-refractivity contribution in [2.24, 2.45) is 0 Å². The Morgan fingerprint density at radius 3 is 2.47 bits per heavy atom. The third-order valence-corrected chi connectivity index (χ3v) is 4.89. The Balaban J connectivity index is 2.16. The van der Waals surface area contributed by atoms with Gasteiger partial charge in [-0.3, -0.25) is 4.79 Å². The summed E-state index contributed by atoms with van der Waals surface area (Å²) in [6, 6.07) is 10.7. The molecule has 2 N–H and O–H groups in total. The van der Waals surface area contributed by atoms with Crippen LogP contribution in [0.1, 0.15) is 49.7 Å². The molecule has 0 aliphatic carbocycles. The molecule has 3 aromatic rings. The molecule has 0 unspecified atom stereocenters. The number of benzene rings is 1. The van der Waals surface area contributed by atoms with Crippen molar-refractivity contribution in [3.63, 3.8) is 0 Å². The number of nitrogens with zero attached hydrogens (tertiary/aromatic N) is 3. The topological polar surface area (TPSA) is 88.0 Å². The SMILES string of the molecule is CC(C)c1ncncc1-c1cc(C(=O)NC(C)(C)CO)cc(-c2ccc(Cl)cc2)n1. The lowest BCUT2D eigenvalue weighted by Gasteiger charge is -2.23. The maximum absolute atomic E-state index is 13.0. The number of hydrogen-bond donors (Lipinski definition) is 2. The summed E-state index contributed by atoms with van der Waals surface area (Å²) in [6.45, 7) is 7.44. The quantitative estimate of drug-likeness (QED) is 0.609. The fourth-order valence-electron chi connectivity index (χ4n) is 2.98. The normalized spacial score (nSPS) is 11.6. The number of halogens is 1. The summed E-state index contributed by atoms with van der Waals surface area (Å²) in [4.78, 5) is 26.3. The smallest absolute Gasteiger partial charge is 0.251 e. The maximum atomic E-state index is 13.0. The second-order valence-corrected chi connectivity index (χ2v) is 8.54. The molecule has 0 saturated carbocycles. The van der Waals surface area contributed by atoms with Crippen LogP contribution < -0.4 is 5.32 Å². The molecule has 1 aromatic carbocycles. The molecule has 3 rings (SSSR count). The Hall–Kier alpha value is -2.83. The Kier molecular flexibility index (Phi) is 6.48. The fraction of sp³-hybridized carbons (Fsp3) is 0.304. The third kappa shape index (κ3) is 5.01. The molecule has 1 amide bonds. The summed E-state index contributed by atoms with van der Waals surface area (Å²) in [7, 11) is 0. The largest absolute Gasteiger partial charge is 0.394 e. The van der Waals surface area contributed by atoms with Crippen LogP contribution in [0.5, 0.6) is 0 Å². The van der Waals surface area contributed by atoms with Gasteiger partial charge in [-0.1, -0.05) is 37.6 Å². The van der Waals surface area contributed by atoms with Crippen molar-refractivity contribution in [3.8, 4) is 22.5 Å². The number of pyridine rings is 1. The highest BCUT2D eigenvalue weighted by Gasteiger charge is 2.22. The lowest BCUT2D eigenvalue weighted by atomic mass is 9.99. The first-order valence-electron chi connectivity index (χ1n) is 9.72. The van der Waals surface area contributed by atoms with E-state index in [9.17, 15) is 9.90 Å². The van der Waals surface area contributed by atoms with Gasteiger partial charge in [0.25, 0.3) is 5.91 Å². The average Bonchev–Trinajstić information content (AvgIpc) is 2.73. The Morgan fingerprint density at radius 2 is 1.83 bits per heavy atom. The molecule has 7 heteroatoms. The van der Waals surface area contributed by atoms with Crippen molar-refractivity contribution in [2.45, 2.75) is 39.2 Å². The van der Waals surface area contributed by atoms with Gasteiger partial charge in [-0.05, 0) is 44.0 Å². The molecule has 30 heavy (non-hydrogen) atoms.